The van der Waals surface area contributed by atoms with Gasteiger partial charge in [-0.05, 0) is 38.4 Å². The standard InChI is InChI=1S/C24H32ClN7O4S/c1-31(2)24(36)13-4-6-15(27-22(35)23-29-16-8-9-32(3)12-18(16)37-23)17(10-13)28-20(33)21(34)30-19-7-5-14(25)11-26-19/h5,7,11,13,15,17,23,29H,4,6,8-10,12H2,1-3H3,(H,27,35)(H,28,33)(H,26,30,34)/t13-,15+,17-,23?/m0/s1. The van der Waals surface area contributed by atoms with Crippen molar-refractivity contribution in [1.82, 2.24) is 30.7 Å². The minimum Gasteiger partial charge on any atom is -0.368 e. The Morgan fingerprint density at radius 2 is 1.92 bits per heavy atom. The van der Waals surface area contributed by atoms with Crippen LogP contribution < -0.4 is 21.3 Å². The topological polar surface area (TPSA) is 136 Å². The van der Waals surface area contributed by atoms with Gasteiger partial charge in [0.05, 0.1) is 11.1 Å². The SMILES string of the molecule is CN1CCC2=C(C1)SC(C(=O)N[C@@H]1CC[C@H](C(=O)N(C)C)C[C@@H]1NC(=O)C(=O)Nc1ccc(Cl)cn1)N2. The number of likely N-dealkylation sites (N-methyl/N-ethyl adjacent to an activating group) is 1. The fourth-order valence-corrected chi connectivity index (χ4v) is 6.15. The molecule has 0 bridgehead atoms. The molecule has 0 aromatic carbocycles. The van der Waals surface area contributed by atoms with Gasteiger partial charge < -0.3 is 31.1 Å². The summed E-state index contributed by atoms with van der Waals surface area (Å²) >= 11 is 7.33. The van der Waals surface area contributed by atoms with E-state index in [-0.39, 0.29) is 23.6 Å². The fraction of sp³-hybridized carbons (Fsp3) is 0.542. The Hall–Kier alpha value is -2.83. The lowest BCUT2D eigenvalue weighted by atomic mass is 9.81. The van der Waals surface area contributed by atoms with Crippen LogP contribution in [0.25, 0.3) is 0 Å². The number of halogens is 1. The van der Waals surface area contributed by atoms with Gasteiger partial charge in [0.2, 0.25) is 5.91 Å². The summed E-state index contributed by atoms with van der Waals surface area (Å²) in [6.45, 7) is 1.75. The van der Waals surface area contributed by atoms with Gasteiger partial charge in [-0.1, -0.05) is 23.4 Å². The number of nitrogens with zero attached hydrogens (tertiary/aromatic N) is 3. The van der Waals surface area contributed by atoms with Crippen LogP contribution in [0.2, 0.25) is 5.02 Å². The summed E-state index contributed by atoms with van der Waals surface area (Å²) in [6.07, 6.45) is 3.61. The highest BCUT2D eigenvalue weighted by Gasteiger charge is 2.39. The predicted molar refractivity (Wildman–Crippen MR) is 141 cm³/mol. The van der Waals surface area contributed by atoms with Crippen molar-refractivity contribution < 1.29 is 19.2 Å². The average Bonchev–Trinajstić information content (AvgIpc) is 3.29. The number of amides is 4. The number of anilines is 1. The first kappa shape index (κ1) is 27.2. The van der Waals surface area contributed by atoms with Crippen molar-refractivity contribution in [3.05, 3.63) is 34.0 Å². The molecular weight excluding hydrogens is 518 g/mol. The van der Waals surface area contributed by atoms with E-state index in [1.807, 2.05) is 0 Å². The van der Waals surface area contributed by atoms with Crippen molar-refractivity contribution in [3.63, 3.8) is 0 Å². The second kappa shape index (κ2) is 11.7. The van der Waals surface area contributed by atoms with Crippen molar-refractivity contribution in [2.75, 3.05) is 39.5 Å². The summed E-state index contributed by atoms with van der Waals surface area (Å²) in [5, 5.41) is 11.5. The molecule has 13 heteroatoms. The Kier molecular flexibility index (Phi) is 8.60. The molecule has 1 aromatic rings. The first-order valence-corrected chi connectivity index (χ1v) is 13.4. The molecule has 0 saturated heterocycles. The number of nitrogens with one attached hydrogen (secondary N) is 4. The Labute approximate surface area is 225 Å². The Balaban J connectivity index is 1.40. The number of thioether (sulfide) groups is 1. The Morgan fingerprint density at radius 1 is 1.14 bits per heavy atom. The van der Waals surface area contributed by atoms with Crippen molar-refractivity contribution in [2.45, 2.75) is 43.1 Å². The molecule has 2 aliphatic heterocycles. The summed E-state index contributed by atoms with van der Waals surface area (Å²) in [5.41, 5.74) is 1.11. The number of rotatable bonds is 5. The van der Waals surface area contributed by atoms with Gasteiger partial charge >= 0.3 is 11.8 Å². The highest BCUT2D eigenvalue weighted by Crippen LogP contribution is 2.35. The predicted octanol–water partition coefficient (Wildman–Crippen LogP) is 0.741. The number of carbonyl (C=O) groups excluding carboxylic acids is 4. The number of hydrogen-bond donors (Lipinski definition) is 4. The molecule has 200 valence electrons. The molecule has 4 atom stereocenters. The van der Waals surface area contributed by atoms with Crippen LogP contribution in [0, 0.1) is 5.92 Å². The molecule has 1 fully saturated rings. The third-order valence-corrected chi connectivity index (χ3v) is 8.21. The van der Waals surface area contributed by atoms with Crippen LogP contribution >= 0.6 is 23.4 Å². The second-order valence-electron chi connectivity index (χ2n) is 9.79. The maximum atomic E-state index is 13.2. The molecule has 3 aliphatic rings. The van der Waals surface area contributed by atoms with Crippen molar-refractivity contribution in [2.24, 2.45) is 5.92 Å². The van der Waals surface area contributed by atoms with Crippen LogP contribution in [0.5, 0.6) is 0 Å². The highest BCUT2D eigenvalue weighted by molar-refractivity contribution is 8.04. The second-order valence-corrected chi connectivity index (χ2v) is 11.4. The first-order valence-electron chi connectivity index (χ1n) is 12.2. The summed E-state index contributed by atoms with van der Waals surface area (Å²) in [4.78, 5) is 60.0. The maximum Gasteiger partial charge on any atom is 0.314 e. The number of carbonyl (C=O) groups is 4. The average molecular weight is 550 g/mol. The maximum absolute atomic E-state index is 13.2. The lowest BCUT2D eigenvalue weighted by molar-refractivity contribution is -0.138. The molecule has 1 saturated carbocycles. The smallest absolute Gasteiger partial charge is 0.314 e. The summed E-state index contributed by atoms with van der Waals surface area (Å²) < 4.78 is 0. The summed E-state index contributed by atoms with van der Waals surface area (Å²) in [7, 11) is 5.43. The third kappa shape index (κ3) is 6.74. The van der Waals surface area contributed by atoms with E-state index >= 15 is 0 Å². The van der Waals surface area contributed by atoms with Gasteiger partial charge in [-0.25, -0.2) is 4.98 Å². The quantitative estimate of drug-likeness (QED) is 0.395. The van der Waals surface area contributed by atoms with E-state index in [1.54, 1.807) is 20.2 Å². The van der Waals surface area contributed by atoms with Gasteiger partial charge in [-0.2, -0.15) is 0 Å². The molecule has 1 unspecified atom stereocenters. The minimum atomic E-state index is -0.894. The lowest BCUT2D eigenvalue weighted by Gasteiger charge is -2.37. The van der Waals surface area contributed by atoms with E-state index in [0.717, 1.165) is 25.2 Å². The Bertz CT molecular complexity index is 1100. The molecule has 0 spiro atoms. The van der Waals surface area contributed by atoms with E-state index in [9.17, 15) is 19.2 Å². The molecule has 11 nitrogen and oxygen atoms in total. The van der Waals surface area contributed by atoms with Gasteiger partial charge in [0, 0.05) is 62.4 Å². The van der Waals surface area contributed by atoms with Crippen LogP contribution in [0.15, 0.2) is 28.9 Å². The number of hydrogen-bond acceptors (Lipinski definition) is 8. The van der Waals surface area contributed by atoms with E-state index < -0.39 is 29.3 Å². The van der Waals surface area contributed by atoms with Gasteiger partial charge in [0.15, 0.2) is 5.37 Å². The van der Waals surface area contributed by atoms with Gasteiger partial charge in [-0.3, -0.25) is 19.2 Å². The fourth-order valence-electron chi connectivity index (χ4n) is 4.78. The molecule has 37 heavy (non-hydrogen) atoms. The van der Waals surface area contributed by atoms with Crippen molar-refractivity contribution >= 4 is 52.8 Å². The van der Waals surface area contributed by atoms with Crippen LogP contribution in [0.4, 0.5) is 5.82 Å². The molecule has 4 amide bonds. The molecule has 1 aliphatic carbocycles. The van der Waals surface area contributed by atoms with Crippen molar-refractivity contribution in [1.29, 1.82) is 0 Å². The van der Waals surface area contributed by atoms with Gasteiger partial charge in [-0.15, -0.1) is 0 Å². The van der Waals surface area contributed by atoms with E-state index in [2.05, 4.69) is 38.2 Å². The normalized spacial score (nSPS) is 25.5. The van der Waals surface area contributed by atoms with Gasteiger partial charge in [0.25, 0.3) is 5.91 Å². The number of aromatic nitrogens is 1. The molecule has 4 N–H and O–H groups in total. The zero-order valence-corrected chi connectivity index (χ0v) is 22.6. The molecule has 1 aromatic heterocycles. The van der Waals surface area contributed by atoms with E-state index in [0.29, 0.717) is 24.3 Å². The number of pyridine rings is 1. The Morgan fingerprint density at radius 3 is 2.62 bits per heavy atom. The minimum absolute atomic E-state index is 0.0483. The first-order chi connectivity index (χ1) is 17.6. The molecule has 4 rings (SSSR count). The van der Waals surface area contributed by atoms with Crippen LogP contribution in [-0.4, -0.2) is 90.1 Å². The van der Waals surface area contributed by atoms with Crippen LogP contribution in [0.3, 0.4) is 0 Å². The zero-order chi connectivity index (χ0) is 26.7. The molecule has 0 radical (unpaired) electrons. The molecular formula is C24H32ClN7O4S. The largest absolute Gasteiger partial charge is 0.368 e. The van der Waals surface area contributed by atoms with E-state index in [4.69, 9.17) is 11.6 Å². The summed E-state index contributed by atoms with van der Waals surface area (Å²) in [6, 6.07) is 2.02. The van der Waals surface area contributed by atoms with Crippen LogP contribution in [0.1, 0.15) is 25.7 Å². The zero-order valence-electron chi connectivity index (χ0n) is 21.0. The van der Waals surface area contributed by atoms with Crippen LogP contribution in [-0.2, 0) is 19.2 Å². The van der Waals surface area contributed by atoms with E-state index in [1.165, 1.54) is 33.8 Å². The highest BCUT2D eigenvalue weighted by atomic mass is 35.5. The summed E-state index contributed by atoms with van der Waals surface area (Å²) in [5.74, 6) is -2.13. The van der Waals surface area contributed by atoms with Crippen molar-refractivity contribution in [3.8, 4) is 0 Å². The third-order valence-electron chi connectivity index (χ3n) is 6.76. The molecule has 3 heterocycles. The monoisotopic (exact) mass is 549 g/mol. The lowest BCUT2D eigenvalue weighted by Crippen LogP contribution is -2.58. The van der Waals surface area contributed by atoms with Gasteiger partial charge in [0.1, 0.15) is 5.82 Å².